The Balaban J connectivity index is 2.16. The number of carbonyl (C=O) groups excluding carboxylic acids is 1. The van der Waals surface area contributed by atoms with E-state index in [1.807, 2.05) is 0 Å². The lowest BCUT2D eigenvalue weighted by molar-refractivity contribution is -0.117. The van der Waals surface area contributed by atoms with E-state index >= 15 is 0 Å². The van der Waals surface area contributed by atoms with E-state index in [-0.39, 0.29) is 5.78 Å². The van der Waals surface area contributed by atoms with Gasteiger partial charge < -0.3 is 4.79 Å². The van der Waals surface area contributed by atoms with Gasteiger partial charge in [-0.3, -0.25) is 4.68 Å². The third kappa shape index (κ3) is 4.08. The van der Waals surface area contributed by atoms with E-state index in [0.717, 1.165) is 19.4 Å². The monoisotopic (exact) mass is 200 g/mol. The largest absolute Gasteiger partial charge is 0.300 e. The second-order valence-corrected chi connectivity index (χ2v) is 3.52. The first-order chi connectivity index (χ1) is 6.18. The van der Waals surface area contributed by atoms with E-state index in [1.165, 1.54) is 0 Å². The van der Waals surface area contributed by atoms with Crippen molar-refractivity contribution in [3.63, 3.8) is 0 Å². The van der Waals surface area contributed by atoms with Gasteiger partial charge in [-0.15, -0.1) is 0 Å². The fourth-order valence-electron chi connectivity index (χ4n) is 1.11. The molecule has 13 heavy (non-hydrogen) atoms. The van der Waals surface area contributed by atoms with Gasteiger partial charge in [0.2, 0.25) is 0 Å². The van der Waals surface area contributed by atoms with Crippen LogP contribution in [0.5, 0.6) is 0 Å². The molecule has 3 nitrogen and oxygen atoms in total. The van der Waals surface area contributed by atoms with Gasteiger partial charge in [0.05, 0.1) is 11.2 Å². The Kier molecular flexibility index (Phi) is 3.96. The molecule has 0 aliphatic heterocycles. The molecule has 0 aliphatic carbocycles. The summed E-state index contributed by atoms with van der Waals surface area (Å²) in [5, 5.41) is 4.69. The Morgan fingerprint density at radius 3 is 2.92 bits per heavy atom. The summed E-state index contributed by atoms with van der Waals surface area (Å²) in [7, 11) is 0. The zero-order valence-corrected chi connectivity index (χ0v) is 8.42. The van der Waals surface area contributed by atoms with Crippen LogP contribution in [0.2, 0.25) is 5.02 Å². The summed E-state index contributed by atoms with van der Waals surface area (Å²) in [5.41, 5.74) is 0. The van der Waals surface area contributed by atoms with E-state index in [9.17, 15) is 4.79 Å². The predicted molar refractivity (Wildman–Crippen MR) is 51.8 cm³/mol. The molecule has 0 unspecified atom stereocenters. The molecule has 0 aliphatic rings. The molecular formula is C9H13ClN2O. The second-order valence-electron chi connectivity index (χ2n) is 3.08. The van der Waals surface area contributed by atoms with Crippen molar-refractivity contribution in [2.45, 2.75) is 32.7 Å². The highest BCUT2D eigenvalue weighted by Crippen LogP contribution is 2.06. The highest BCUT2D eigenvalue weighted by atomic mass is 35.5. The van der Waals surface area contributed by atoms with E-state index in [0.29, 0.717) is 11.4 Å². The van der Waals surface area contributed by atoms with Gasteiger partial charge in [-0.2, -0.15) is 5.10 Å². The van der Waals surface area contributed by atoms with Crippen molar-refractivity contribution in [3.05, 3.63) is 17.4 Å². The van der Waals surface area contributed by atoms with Gasteiger partial charge in [0.15, 0.2) is 0 Å². The Hall–Kier alpha value is -0.830. The van der Waals surface area contributed by atoms with Crippen molar-refractivity contribution in [1.82, 2.24) is 9.78 Å². The minimum Gasteiger partial charge on any atom is -0.300 e. The molecule has 0 spiro atoms. The van der Waals surface area contributed by atoms with E-state index in [2.05, 4.69) is 5.10 Å². The summed E-state index contributed by atoms with van der Waals surface area (Å²) >= 11 is 5.69. The van der Waals surface area contributed by atoms with Crippen LogP contribution < -0.4 is 0 Å². The maximum absolute atomic E-state index is 10.6. The minimum atomic E-state index is 0.249. The lowest BCUT2D eigenvalue weighted by Gasteiger charge is -1.99. The molecule has 4 heteroatoms. The summed E-state index contributed by atoms with van der Waals surface area (Å²) in [6.45, 7) is 2.45. The molecule has 1 rings (SSSR count). The molecule has 0 saturated heterocycles. The summed E-state index contributed by atoms with van der Waals surface area (Å²) in [4.78, 5) is 10.6. The van der Waals surface area contributed by atoms with Crippen LogP contribution in [0, 0.1) is 0 Å². The first-order valence-electron chi connectivity index (χ1n) is 4.36. The van der Waals surface area contributed by atoms with E-state index < -0.39 is 0 Å². The maximum atomic E-state index is 10.6. The number of halogens is 1. The zero-order chi connectivity index (χ0) is 9.68. The number of unbranched alkanes of at least 4 members (excludes halogenated alkanes) is 1. The molecule has 0 atom stereocenters. The molecule has 0 bridgehead atoms. The lowest BCUT2D eigenvalue weighted by Crippen LogP contribution is -1.99. The van der Waals surface area contributed by atoms with Crippen molar-refractivity contribution in [3.8, 4) is 0 Å². The van der Waals surface area contributed by atoms with Crippen molar-refractivity contribution in [2.75, 3.05) is 0 Å². The van der Waals surface area contributed by atoms with Gasteiger partial charge in [-0.1, -0.05) is 11.6 Å². The van der Waals surface area contributed by atoms with Crippen LogP contribution in [0.1, 0.15) is 26.2 Å². The molecule has 0 radical (unpaired) electrons. The SMILES string of the molecule is CC(=O)CCCCn1cc(Cl)cn1. The smallest absolute Gasteiger partial charge is 0.129 e. The Labute approximate surface area is 82.7 Å². The standard InChI is InChI=1S/C9H13ClN2O/c1-8(13)4-2-3-5-12-7-9(10)6-11-12/h6-7H,2-5H2,1H3. The van der Waals surface area contributed by atoms with E-state index in [4.69, 9.17) is 11.6 Å². The molecule has 1 heterocycles. The van der Waals surface area contributed by atoms with Crippen LogP contribution in [0.4, 0.5) is 0 Å². The van der Waals surface area contributed by atoms with Crippen LogP contribution in [-0.2, 0) is 11.3 Å². The van der Waals surface area contributed by atoms with Crippen molar-refractivity contribution in [1.29, 1.82) is 0 Å². The van der Waals surface area contributed by atoms with Crippen LogP contribution in [0.3, 0.4) is 0 Å². The molecule has 0 saturated carbocycles. The molecule has 0 aromatic carbocycles. The Morgan fingerprint density at radius 1 is 1.62 bits per heavy atom. The molecule has 0 amide bonds. The predicted octanol–water partition coefficient (Wildman–Crippen LogP) is 2.30. The quantitative estimate of drug-likeness (QED) is 0.684. The van der Waals surface area contributed by atoms with Crippen LogP contribution >= 0.6 is 11.6 Å². The van der Waals surface area contributed by atoms with Crippen LogP contribution in [0.15, 0.2) is 12.4 Å². The number of hydrogen-bond acceptors (Lipinski definition) is 2. The summed E-state index contributed by atoms with van der Waals surface area (Å²) in [6, 6.07) is 0. The number of hydrogen-bond donors (Lipinski definition) is 0. The van der Waals surface area contributed by atoms with Crippen molar-refractivity contribution >= 4 is 17.4 Å². The van der Waals surface area contributed by atoms with Crippen molar-refractivity contribution < 1.29 is 4.79 Å². The van der Waals surface area contributed by atoms with Gasteiger partial charge >= 0.3 is 0 Å². The Bertz CT molecular complexity index is 283. The van der Waals surface area contributed by atoms with Crippen molar-refractivity contribution in [2.24, 2.45) is 0 Å². The first kappa shape index (κ1) is 10.3. The molecule has 1 aromatic rings. The fourth-order valence-corrected chi connectivity index (χ4v) is 1.26. The number of ketones is 1. The van der Waals surface area contributed by atoms with Gasteiger partial charge in [0, 0.05) is 19.2 Å². The second kappa shape index (κ2) is 5.02. The van der Waals surface area contributed by atoms with Gasteiger partial charge in [-0.25, -0.2) is 0 Å². The summed E-state index contributed by atoms with van der Waals surface area (Å²) in [6.07, 6.45) is 5.96. The average Bonchev–Trinajstić information content (AvgIpc) is 2.45. The molecule has 72 valence electrons. The highest BCUT2D eigenvalue weighted by Gasteiger charge is 1.96. The average molecular weight is 201 g/mol. The lowest BCUT2D eigenvalue weighted by atomic mass is 10.2. The fraction of sp³-hybridized carbons (Fsp3) is 0.556. The minimum absolute atomic E-state index is 0.249. The molecule has 0 N–H and O–H groups in total. The van der Waals surface area contributed by atoms with E-state index in [1.54, 1.807) is 24.0 Å². The molecular weight excluding hydrogens is 188 g/mol. The van der Waals surface area contributed by atoms with Gasteiger partial charge in [-0.05, 0) is 19.8 Å². The summed E-state index contributed by atoms with van der Waals surface area (Å²) in [5.74, 6) is 0.249. The first-order valence-corrected chi connectivity index (χ1v) is 4.73. The number of aromatic nitrogens is 2. The maximum Gasteiger partial charge on any atom is 0.129 e. The molecule has 1 aromatic heterocycles. The molecule has 0 fully saturated rings. The number of aryl methyl sites for hydroxylation is 1. The normalized spacial score (nSPS) is 10.3. The number of rotatable bonds is 5. The van der Waals surface area contributed by atoms with Gasteiger partial charge in [0.25, 0.3) is 0 Å². The highest BCUT2D eigenvalue weighted by molar-refractivity contribution is 6.30. The zero-order valence-electron chi connectivity index (χ0n) is 7.66. The third-order valence-corrected chi connectivity index (χ3v) is 1.96. The summed E-state index contributed by atoms with van der Waals surface area (Å²) < 4.78 is 1.79. The van der Waals surface area contributed by atoms with Gasteiger partial charge in [0.1, 0.15) is 5.78 Å². The van der Waals surface area contributed by atoms with Crippen LogP contribution in [0.25, 0.3) is 0 Å². The number of Topliss-reactive ketones (excluding diaryl/α,β-unsaturated/α-hetero) is 1. The topological polar surface area (TPSA) is 34.9 Å². The number of carbonyl (C=O) groups is 1. The van der Waals surface area contributed by atoms with Crippen LogP contribution in [-0.4, -0.2) is 15.6 Å². The Morgan fingerprint density at radius 2 is 2.38 bits per heavy atom. The number of nitrogens with zero attached hydrogens (tertiary/aromatic N) is 2. The third-order valence-electron chi connectivity index (χ3n) is 1.77.